The lowest BCUT2D eigenvalue weighted by Gasteiger charge is -2.02. The molecule has 0 bridgehead atoms. The van der Waals surface area contributed by atoms with E-state index in [-0.39, 0.29) is 5.78 Å². The molecule has 0 atom stereocenters. The third kappa shape index (κ3) is 2.15. The normalized spacial score (nSPS) is 10.4. The molecule has 0 aliphatic rings. The van der Waals surface area contributed by atoms with Crippen LogP contribution in [0.25, 0.3) is 0 Å². The molecule has 0 aliphatic carbocycles. The van der Waals surface area contributed by atoms with Crippen LogP contribution in [0.5, 0.6) is 0 Å². The molecule has 0 radical (unpaired) electrons. The van der Waals surface area contributed by atoms with Gasteiger partial charge in [0.05, 0.1) is 9.21 Å². The molecule has 0 unspecified atom stereocenters. The number of rotatable bonds is 2. The highest BCUT2D eigenvalue weighted by molar-refractivity contribution is 7.18. The Balaban J connectivity index is 2.45. The van der Waals surface area contributed by atoms with E-state index in [9.17, 15) is 9.18 Å². The number of hydrogen-bond donors (Lipinski definition) is 0. The van der Waals surface area contributed by atoms with E-state index in [0.29, 0.717) is 14.8 Å². The molecular weight excluding hydrogens is 247 g/mol. The van der Waals surface area contributed by atoms with Crippen LogP contribution >= 0.6 is 22.9 Å². The van der Waals surface area contributed by atoms with E-state index in [2.05, 4.69) is 0 Å². The van der Waals surface area contributed by atoms with E-state index in [1.165, 1.54) is 23.5 Å². The van der Waals surface area contributed by atoms with Crippen molar-refractivity contribution in [3.63, 3.8) is 0 Å². The first kappa shape index (κ1) is 11.3. The first-order chi connectivity index (χ1) is 7.58. The van der Waals surface area contributed by atoms with Gasteiger partial charge in [0.15, 0.2) is 0 Å². The van der Waals surface area contributed by atoms with Crippen LogP contribution in [0.3, 0.4) is 0 Å². The number of hydrogen-bond acceptors (Lipinski definition) is 2. The predicted molar refractivity (Wildman–Crippen MR) is 63.9 cm³/mol. The number of ketones is 1. The van der Waals surface area contributed by atoms with Gasteiger partial charge in [0, 0.05) is 5.56 Å². The van der Waals surface area contributed by atoms with Crippen molar-refractivity contribution in [2.24, 2.45) is 0 Å². The maximum atomic E-state index is 13.1. The number of thiophene rings is 1. The van der Waals surface area contributed by atoms with Crippen molar-refractivity contribution in [1.29, 1.82) is 0 Å². The second kappa shape index (κ2) is 4.36. The molecule has 2 aromatic rings. The minimum Gasteiger partial charge on any atom is -0.288 e. The highest BCUT2D eigenvalue weighted by atomic mass is 35.5. The molecule has 0 fully saturated rings. The molecular formula is C12H8ClFOS. The average Bonchev–Trinajstić information content (AvgIpc) is 2.67. The number of halogens is 2. The van der Waals surface area contributed by atoms with Gasteiger partial charge >= 0.3 is 0 Å². The van der Waals surface area contributed by atoms with Gasteiger partial charge in [-0.25, -0.2) is 4.39 Å². The Bertz CT molecular complexity index is 548. The summed E-state index contributed by atoms with van der Waals surface area (Å²) in [6.45, 7) is 1.78. The van der Waals surface area contributed by atoms with Crippen LogP contribution in [-0.4, -0.2) is 5.78 Å². The van der Waals surface area contributed by atoms with E-state index in [0.717, 1.165) is 5.56 Å². The third-order valence-corrected chi connectivity index (χ3v) is 3.47. The van der Waals surface area contributed by atoms with Gasteiger partial charge in [-0.1, -0.05) is 17.7 Å². The molecule has 0 N–H and O–H groups in total. The molecule has 4 heteroatoms. The zero-order valence-corrected chi connectivity index (χ0v) is 10.0. The van der Waals surface area contributed by atoms with Gasteiger partial charge in [0.1, 0.15) is 5.82 Å². The van der Waals surface area contributed by atoms with Crippen molar-refractivity contribution in [3.8, 4) is 0 Å². The summed E-state index contributed by atoms with van der Waals surface area (Å²) in [6.07, 6.45) is 0. The fourth-order valence-corrected chi connectivity index (χ4v) is 2.41. The van der Waals surface area contributed by atoms with Gasteiger partial charge in [-0.05, 0) is 36.8 Å². The average molecular weight is 255 g/mol. The minimum absolute atomic E-state index is 0.186. The van der Waals surface area contributed by atoms with Crippen LogP contribution in [0.4, 0.5) is 4.39 Å². The summed E-state index contributed by atoms with van der Waals surface area (Å²) < 4.78 is 13.6. The fraction of sp³-hybridized carbons (Fsp3) is 0.0833. The monoisotopic (exact) mass is 254 g/mol. The summed E-state index contributed by atoms with van der Waals surface area (Å²) in [7, 11) is 0. The quantitative estimate of drug-likeness (QED) is 0.738. The Morgan fingerprint density at radius 2 is 2.06 bits per heavy atom. The van der Waals surface area contributed by atoms with Gasteiger partial charge in [0.25, 0.3) is 0 Å². The van der Waals surface area contributed by atoms with Crippen molar-refractivity contribution in [3.05, 3.63) is 56.5 Å². The first-order valence-corrected chi connectivity index (χ1v) is 5.83. The highest BCUT2D eigenvalue weighted by Crippen LogP contribution is 2.25. The van der Waals surface area contributed by atoms with E-state index in [1.807, 2.05) is 0 Å². The van der Waals surface area contributed by atoms with Gasteiger partial charge in [0.2, 0.25) is 5.78 Å². The van der Waals surface area contributed by atoms with Crippen LogP contribution < -0.4 is 0 Å². The zero-order chi connectivity index (χ0) is 11.7. The molecule has 0 saturated carbocycles. The molecule has 2 rings (SSSR count). The highest BCUT2D eigenvalue weighted by Gasteiger charge is 2.14. The molecule has 0 amide bonds. The Hall–Kier alpha value is -1.19. The van der Waals surface area contributed by atoms with Gasteiger partial charge in [-0.15, -0.1) is 11.3 Å². The summed E-state index contributed by atoms with van der Waals surface area (Å²) >= 11 is 6.95. The van der Waals surface area contributed by atoms with E-state index in [4.69, 9.17) is 11.6 Å². The number of carbonyl (C=O) groups is 1. The van der Waals surface area contributed by atoms with Crippen LogP contribution in [0, 0.1) is 12.7 Å². The standard InChI is InChI=1S/C12H8ClFOS/c1-7-2-3-8(14)6-9(7)12(15)10-4-5-11(13)16-10/h2-6H,1H3. The van der Waals surface area contributed by atoms with Crippen LogP contribution in [0.15, 0.2) is 30.3 Å². The fourth-order valence-electron chi connectivity index (χ4n) is 1.41. The van der Waals surface area contributed by atoms with Crippen molar-refractivity contribution in [2.75, 3.05) is 0 Å². The van der Waals surface area contributed by atoms with E-state index >= 15 is 0 Å². The molecule has 82 valence electrons. The van der Waals surface area contributed by atoms with Crippen molar-refractivity contribution in [2.45, 2.75) is 6.92 Å². The lowest BCUT2D eigenvalue weighted by Crippen LogP contribution is -2.01. The van der Waals surface area contributed by atoms with Crippen molar-refractivity contribution < 1.29 is 9.18 Å². The van der Waals surface area contributed by atoms with Gasteiger partial charge in [-0.3, -0.25) is 4.79 Å². The first-order valence-electron chi connectivity index (χ1n) is 4.64. The molecule has 0 saturated heterocycles. The third-order valence-electron chi connectivity index (χ3n) is 2.24. The largest absolute Gasteiger partial charge is 0.288 e. The maximum Gasteiger partial charge on any atom is 0.203 e. The topological polar surface area (TPSA) is 17.1 Å². The molecule has 1 aromatic heterocycles. The van der Waals surface area contributed by atoms with E-state index < -0.39 is 5.82 Å². The number of benzene rings is 1. The van der Waals surface area contributed by atoms with Crippen LogP contribution in [0.1, 0.15) is 20.8 Å². The maximum absolute atomic E-state index is 13.1. The zero-order valence-electron chi connectivity index (χ0n) is 8.46. The number of carbonyl (C=O) groups excluding carboxylic acids is 1. The summed E-state index contributed by atoms with van der Waals surface area (Å²) in [5, 5.41) is 0. The number of aryl methyl sites for hydroxylation is 1. The lowest BCUT2D eigenvalue weighted by atomic mass is 10.0. The molecule has 1 nitrogen and oxygen atoms in total. The van der Waals surface area contributed by atoms with Crippen LogP contribution in [0.2, 0.25) is 4.34 Å². The Labute approximate surface area is 101 Å². The van der Waals surface area contributed by atoms with Crippen molar-refractivity contribution >= 4 is 28.7 Å². The van der Waals surface area contributed by atoms with Gasteiger partial charge in [-0.2, -0.15) is 0 Å². The predicted octanol–water partition coefficient (Wildman–Crippen LogP) is 4.08. The Morgan fingerprint density at radius 1 is 1.31 bits per heavy atom. The minimum atomic E-state index is -0.406. The summed E-state index contributed by atoms with van der Waals surface area (Å²) in [5.41, 5.74) is 1.15. The van der Waals surface area contributed by atoms with Gasteiger partial charge < -0.3 is 0 Å². The smallest absolute Gasteiger partial charge is 0.203 e. The second-order valence-electron chi connectivity index (χ2n) is 3.39. The second-order valence-corrected chi connectivity index (χ2v) is 5.11. The lowest BCUT2D eigenvalue weighted by molar-refractivity contribution is 0.104. The van der Waals surface area contributed by atoms with Crippen molar-refractivity contribution in [1.82, 2.24) is 0 Å². The molecule has 1 aromatic carbocycles. The van der Waals surface area contributed by atoms with Crippen LogP contribution in [-0.2, 0) is 0 Å². The Kier molecular flexibility index (Phi) is 3.08. The summed E-state index contributed by atoms with van der Waals surface area (Å²) in [4.78, 5) is 12.5. The molecule has 1 heterocycles. The molecule has 16 heavy (non-hydrogen) atoms. The Morgan fingerprint density at radius 3 is 2.69 bits per heavy atom. The van der Waals surface area contributed by atoms with E-state index in [1.54, 1.807) is 25.1 Å². The summed E-state index contributed by atoms with van der Waals surface area (Å²) in [6, 6.07) is 7.50. The molecule has 0 spiro atoms. The summed E-state index contributed by atoms with van der Waals surface area (Å²) in [5.74, 6) is -0.592. The molecule has 0 aliphatic heterocycles. The SMILES string of the molecule is Cc1ccc(F)cc1C(=O)c1ccc(Cl)s1.